The third-order valence-electron chi connectivity index (χ3n) is 2.92. The zero-order valence-electron chi connectivity index (χ0n) is 11.4. The summed E-state index contributed by atoms with van der Waals surface area (Å²) in [6, 6.07) is 2.01. The molecule has 0 aromatic carbocycles. The van der Waals surface area contributed by atoms with Crippen LogP contribution in [0.3, 0.4) is 0 Å². The van der Waals surface area contributed by atoms with Crippen LogP contribution in [0.1, 0.15) is 30.1 Å². The number of hydrogen-bond acceptors (Lipinski definition) is 3. The number of aryl methyl sites for hydroxylation is 2. The lowest BCUT2D eigenvalue weighted by Crippen LogP contribution is -2.08. The van der Waals surface area contributed by atoms with E-state index in [1.165, 1.54) is 0 Å². The van der Waals surface area contributed by atoms with Gasteiger partial charge < -0.3 is 4.57 Å². The van der Waals surface area contributed by atoms with Gasteiger partial charge in [0.1, 0.15) is 11.3 Å². The average molecular weight is 300 g/mol. The molecule has 104 valence electrons. The van der Waals surface area contributed by atoms with Crippen molar-refractivity contribution < 1.29 is 4.21 Å². The lowest BCUT2D eigenvalue weighted by molar-refractivity contribution is 0.642. The molecule has 0 fully saturated rings. The Morgan fingerprint density at radius 1 is 1.53 bits per heavy atom. The Morgan fingerprint density at radius 3 is 2.89 bits per heavy atom. The highest BCUT2D eigenvalue weighted by atomic mass is 35.5. The molecule has 2 heterocycles. The summed E-state index contributed by atoms with van der Waals surface area (Å²) in [5, 5.41) is -0.165. The lowest BCUT2D eigenvalue weighted by atomic mass is 10.3. The first kappa shape index (κ1) is 14.5. The van der Waals surface area contributed by atoms with Crippen LogP contribution in [0, 0.1) is 6.92 Å². The molecular weight excluding hydrogens is 282 g/mol. The second kappa shape index (κ2) is 6.01. The van der Waals surface area contributed by atoms with Crippen LogP contribution < -0.4 is 0 Å². The topological polar surface area (TPSA) is 47.8 Å². The van der Waals surface area contributed by atoms with Gasteiger partial charge in [0.05, 0.1) is 5.38 Å². The van der Waals surface area contributed by atoms with E-state index in [0.29, 0.717) is 5.75 Å². The van der Waals surface area contributed by atoms with Crippen molar-refractivity contribution in [3.63, 3.8) is 0 Å². The predicted molar refractivity (Wildman–Crippen MR) is 80.1 cm³/mol. The minimum atomic E-state index is -0.769. The number of pyridine rings is 1. The molecule has 0 bridgehead atoms. The van der Waals surface area contributed by atoms with Crippen LogP contribution in [0.4, 0.5) is 0 Å². The molecule has 0 radical (unpaired) electrons. The Hall–Kier alpha value is -0.940. The Balaban J connectivity index is 2.37. The molecule has 2 aromatic heterocycles. The minimum absolute atomic E-state index is 0.165. The number of nitrogens with zero attached hydrogens (tertiary/aromatic N) is 3. The summed E-state index contributed by atoms with van der Waals surface area (Å²) in [5.74, 6) is 1.51. The fourth-order valence-electron chi connectivity index (χ4n) is 2.08. The van der Waals surface area contributed by atoms with Crippen LogP contribution >= 0.6 is 11.6 Å². The molecule has 0 N–H and O–H groups in total. The zero-order valence-corrected chi connectivity index (χ0v) is 13.0. The van der Waals surface area contributed by atoms with Crippen LogP contribution in [0.5, 0.6) is 0 Å². The van der Waals surface area contributed by atoms with Crippen molar-refractivity contribution in [3.05, 3.63) is 23.7 Å². The van der Waals surface area contributed by atoms with E-state index in [9.17, 15) is 4.21 Å². The number of rotatable bonds is 5. The summed E-state index contributed by atoms with van der Waals surface area (Å²) in [6.45, 7) is 4.65. The van der Waals surface area contributed by atoms with Gasteiger partial charge in [0.15, 0.2) is 5.65 Å². The van der Waals surface area contributed by atoms with Gasteiger partial charge in [-0.2, -0.15) is 0 Å². The summed E-state index contributed by atoms with van der Waals surface area (Å²) in [4.78, 5) is 9.01. The van der Waals surface area contributed by atoms with E-state index in [1.54, 1.807) is 6.26 Å². The lowest BCUT2D eigenvalue weighted by Gasteiger charge is -2.09. The summed E-state index contributed by atoms with van der Waals surface area (Å²) in [5.41, 5.74) is 2.82. The van der Waals surface area contributed by atoms with Crippen molar-refractivity contribution in [3.8, 4) is 0 Å². The summed E-state index contributed by atoms with van der Waals surface area (Å²) in [6.07, 6.45) is 4.39. The van der Waals surface area contributed by atoms with Crippen LogP contribution in [-0.4, -0.2) is 30.8 Å². The van der Waals surface area contributed by atoms with Crippen LogP contribution in [0.15, 0.2) is 12.3 Å². The molecule has 4 nitrogen and oxygen atoms in total. The Morgan fingerprint density at radius 2 is 2.26 bits per heavy atom. The van der Waals surface area contributed by atoms with E-state index in [0.717, 1.165) is 35.5 Å². The molecule has 6 heteroatoms. The highest BCUT2D eigenvalue weighted by Gasteiger charge is 2.15. The van der Waals surface area contributed by atoms with Crippen molar-refractivity contribution in [2.45, 2.75) is 32.2 Å². The first-order valence-electron chi connectivity index (χ1n) is 6.26. The highest BCUT2D eigenvalue weighted by molar-refractivity contribution is 7.84. The van der Waals surface area contributed by atoms with Crippen molar-refractivity contribution in [1.82, 2.24) is 14.5 Å². The third kappa shape index (κ3) is 3.34. The number of alkyl halides is 1. The molecule has 19 heavy (non-hydrogen) atoms. The molecule has 0 spiro atoms. The maximum Gasteiger partial charge on any atom is 0.160 e. The van der Waals surface area contributed by atoms with Gasteiger partial charge >= 0.3 is 0 Å². The van der Waals surface area contributed by atoms with E-state index in [1.807, 2.05) is 30.7 Å². The van der Waals surface area contributed by atoms with Crippen molar-refractivity contribution in [2.75, 3.05) is 12.0 Å². The maximum atomic E-state index is 11.1. The van der Waals surface area contributed by atoms with Gasteiger partial charge in [0.2, 0.25) is 0 Å². The van der Waals surface area contributed by atoms with E-state index in [4.69, 9.17) is 11.6 Å². The minimum Gasteiger partial charge on any atom is -0.311 e. The van der Waals surface area contributed by atoms with Crippen LogP contribution in [0.2, 0.25) is 0 Å². The largest absolute Gasteiger partial charge is 0.311 e. The van der Waals surface area contributed by atoms with Gasteiger partial charge in [0, 0.05) is 35.5 Å². The van der Waals surface area contributed by atoms with Gasteiger partial charge in [-0.25, -0.2) is 9.97 Å². The van der Waals surface area contributed by atoms with E-state index < -0.39 is 10.8 Å². The monoisotopic (exact) mass is 299 g/mol. The van der Waals surface area contributed by atoms with Crippen molar-refractivity contribution >= 4 is 33.6 Å². The molecule has 2 atom stereocenters. The molecule has 0 amide bonds. The second-order valence-electron chi connectivity index (χ2n) is 4.72. The molecule has 2 rings (SSSR count). The number of hydrogen-bond donors (Lipinski definition) is 0. The molecule has 2 unspecified atom stereocenters. The molecule has 0 aliphatic carbocycles. The van der Waals surface area contributed by atoms with Crippen molar-refractivity contribution in [2.24, 2.45) is 0 Å². The molecule has 0 aliphatic rings. The standard InChI is InChI=1S/C13H18ClN3OS/c1-9-7-11-13(15-8-9)17(5-4-6-19(3)18)12(16-11)10(2)14/h7-8,10H,4-6H2,1-3H3. The van der Waals surface area contributed by atoms with E-state index >= 15 is 0 Å². The number of aromatic nitrogens is 3. The highest BCUT2D eigenvalue weighted by Crippen LogP contribution is 2.24. The Kier molecular flexibility index (Phi) is 4.58. The Labute approximate surface area is 120 Å². The SMILES string of the molecule is Cc1cnc2c(c1)nc(C(C)Cl)n2CCCS(C)=O. The maximum absolute atomic E-state index is 11.1. The van der Waals surface area contributed by atoms with Crippen LogP contribution in [-0.2, 0) is 17.3 Å². The summed E-state index contributed by atoms with van der Waals surface area (Å²) in [7, 11) is -0.769. The molecule has 0 saturated heterocycles. The first-order chi connectivity index (χ1) is 8.99. The molecule has 0 saturated carbocycles. The average Bonchev–Trinajstić information content (AvgIpc) is 2.67. The molecule has 2 aromatic rings. The van der Waals surface area contributed by atoms with Gasteiger partial charge in [0.25, 0.3) is 0 Å². The smallest absolute Gasteiger partial charge is 0.160 e. The third-order valence-corrected chi connectivity index (χ3v) is 3.98. The number of halogens is 1. The van der Waals surface area contributed by atoms with Crippen LogP contribution in [0.25, 0.3) is 11.2 Å². The number of imidazole rings is 1. The predicted octanol–water partition coefficient (Wildman–Crippen LogP) is 2.81. The van der Waals surface area contributed by atoms with E-state index in [2.05, 4.69) is 9.97 Å². The second-order valence-corrected chi connectivity index (χ2v) is 6.93. The molecular formula is C13H18ClN3OS. The fourth-order valence-corrected chi connectivity index (χ4v) is 2.78. The fraction of sp³-hybridized carbons (Fsp3) is 0.538. The number of fused-ring (bicyclic) bond motifs is 1. The molecule has 0 aliphatic heterocycles. The van der Waals surface area contributed by atoms with Gasteiger partial charge in [-0.05, 0) is 31.9 Å². The summed E-state index contributed by atoms with van der Waals surface area (Å²) >= 11 is 6.19. The normalized spacial score (nSPS) is 14.7. The zero-order chi connectivity index (χ0) is 14.0. The summed E-state index contributed by atoms with van der Waals surface area (Å²) < 4.78 is 13.2. The van der Waals surface area contributed by atoms with Gasteiger partial charge in [-0.1, -0.05) is 0 Å². The van der Waals surface area contributed by atoms with Crippen molar-refractivity contribution in [1.29, 1.82) is 0 Å². The Bertz CT molecular complexity index is 609. The van der Waals surface area contributed by atoms with Gasteiger partial charge in [-0.15, -0.1) is 11.6 Å². The van der Waals surface area contributed by atoms with E-state index in [-0.39, 0.29) is 5.38 Å². The quantitative estimate of drug-likeness (QED) is 0.798. The first-order valence-corrected chi connectivity index (χ1v) is 8.42. The van der Waals surface area contributed by atoms with Gasteiger partial charge in [-0.3, -0.25) is 4.21 Å².